The van der Waals surface area contributed by atoms with Crippen LogP contribution in [0.3, 0.4) is 0 Å². The number of hydrogen-bond donors (Lipinski definition) is 2. The Morgan fingerprint density at radius 1 is 1.39 bits per heavy atom. The first-order valence-electron chi connectivity index (χ1n) is 5.56. The number of benzene rings is 1. The first kappa shape index (κ1) is 12.3. The van der Waals surface area contributed by atoms with Gasteiger partial charge in [-0.1, -0.05) is 18.2 Å². The fourth-order valence-electron chi connectivity index (χ4n) is 1.70. The second-order valence-electron chi connectivity index (χ2n) is 3.92. The van der Waals surface area contributed by atoms with E-state index in [9.17, 15) is 9.90 Å². The number of carbonyl (C=O) groups excluding carboxylic acids is 1. The Labute approximate surface area is 104 Å². The van der Waals surface area contributed by atoms with Crippen LogP contribution in [0, 0.1) is 13.8 Å². The van der Waals surface area contributed by atoms with Crippen molar-refractivity contribution in [1.82, 2.24) is 4.98 Å². The number of aromatic nitrogens is 1. The van der Waals surface area contributed by atoms with Crippen LogP contribution in [-0.2, 0) is 6.61 Å². The van der Waals surface area contributed by atoms with Gasteiger partial charge >= 0.3 is 0 Å². The van der Waals surface area contributed by atoms with Gasteiger partial charge in [-0.3, -0.25) is 4.79 Å². The van der Waals surface area contributed by atoms with Gasteiger partial charge in [-0.15, -0.1) is 0 Å². The SMILES string of the molecule is Cc1nc(C)c(C(=O)Nc2ccccc2CO)o1. The molecule has 94 valence electrons. The van der Waals surface area contributed by atoms with Crippen LogP contribution >= 0.6 is 0 Å². The molecule has 0 aliphatic carbocycles. The fourth-order valence-corrected chi connectivity index (χ4v) is 1.70. The van der Waals surface area contributed by atoms with Crippen molar-refractivity contribution in [3.8, 4) is 0 Å². The summed E-state index contributed by atoms with van der Waals surface area (Å²) in [5.41, 5.74) is 1.77. The average Bonchev–Trinajstić information content (AvgIpc) is 2.69. The molecule has 18 heavy (non-hydrogen) atoms. The summed E-state index contributed by atoms with van der Waals surface area (Å²) in [5, 5.41) is 11.9. The highest BCUT2D eigenvalue weighted by molar-refractivity contribution is 6.03. The van der Waals surface area contributed by atoms with Gasteiger partial charge in [-0.25, -0.2) is 4.98 Å². The van der Waals surface area contributed by atoms with Crippen molar-refractivity contribution in [1.29, 1.82) is 0 Å². The van der Waals surface area contributed by atoms with Crippen LogP contribution in [0.2, 0.25) is 0 Å². The third kappa shape index (κ3) is 2.41. The number of para-hydroxylation sites is 1. The third-order valence-electron chi connectivity index (χ3n) is 2.55. The third-order valence-corrected chi connectivity index (χ3v) is 2.55. The lowest BCUT2D eigenvalue weighted by atomic mass is 10.2. The van der Waals surface area contributed by atoms with E-state index in [0.717, 1.165) is 0 Å². The molecule has 0 bridgehead atoms. The molecule has 2 aromatic rings. The summed E-state index contributed by atoms with van der Waals surface area (Å²) in [6.45, 7) is 3.26. The van der Waals surface area contributed by atoms with E-state index < -0.39 is 0 Å². The number of carbonyl (C=O) groups is 1. The average molecular weight is 246 g/mol. The van der Waals surface area contributed by atoms with E-state index in [4.69, 9.17) is 4.42 Å². The Morgan fingerprint density at radius 2 is 2.11 bits per heavy atom. The maximum absolute atomic E-state index is 12.0. The molecule has 0 saturated carbocycles. The maximum Gasteiger partial charge on any atom is 0.293 e. The summed E-state index contributed by atoms with van der Waals surface area (Å²) >= 11 is 0. The quantitative estimate of drug-likeness (QED) is 0.869. The minimum absolute atomic E-state index is 0.134. The van der Waals surface area contributed by atoms with Crippen molar-refractivity contribution in [2.24, 2.45) is 0 Å². The van der Waals surface area contributed by atoms with Crippen LogP contribution in [0.4, 0.5) is 5.69 Å². The van der Waals surface area contributed by atoms with Gasteiger partial charge in [-0.2, -0.15) is 0 Å². The second-order valence-corrected chi connectivity index (χ2v) is 3.92. The number of anilines is 1. The van der Waals surface area contributed by atoms with E-state index in [1.165, 1.54) is 0 Å². The Bertz CT molecular complexity index is 575. The monoisotopic (exact) mass is 246 g/mol. The summed E-state index contributed by atoms with van der Waals surface area (Å²) in [4.78, 5) is 16.0. The van der Waals surface area contributed by atoms with Crippen LogP contribution in [0.5, 0.6) is 0 Å². The normalized spacial score (nSPS) is 10.4. The fraction of sp³-hybridized carbons (Fsp3) is 0.231. The Balaban J connectivity index is 2.24. The smallest absolute Gasteiger partial charge is 0.293 e. The van der Waals surface area contributed by atoms with Crippen molar-refractivity contribution in [2.75, 3.05) is 5.32 Å². The van der Waals surface area contributed by atoms with E-state index in [1.54, 1.807) is 38.1 Å². The molecule has 1 aromatic carbocycles. The van der Waals surface area contributed by atoms with Crippen molar-refractivity contribution in [2.45, 2.75) is 20.5 Å². The Morgan fingerprint density at radius 3 is 2.72 bits per heavy atom. The van der Waals surface area contributed by atoms with Crippen LogP contribution < -0.4 is 5.32 Å². The number of nitrogens with one attached hydrogen (secondary N) is 1. The minimum Gasteiger partial charge on any atom is -0.436 e. The molecular formula is C13H14N2O3. The molecule has 0 radical (unpaired) electrons. The topological polar surface area (TPSA) is 75.4 Å². The predicted octanol–water partition coefficient (Wildman–Crippen LogP) is 2.04. The lowest BCUT2D eigenvalue weighted by Crippen LogP contribution is -2.13. The highest BCUT2D eigenvalue weighted by atomic mass is 16.4. The highest BCUT2D eigenvalue weighted by Gasteiger charge is 2.16. The number of rotatable bonds is 3. The summed E-state index contributed by atoms with van der Waals surface area (Å²) in [7, 11) is 0. The molecule has 5 nitrogen and oxygen atoms in total. The highest BCUT2D eigenvalue weighted by Crippen LogP contribution is 2.17. The molecule has 0 unspecified atom stereocenters. The molecule has 0 aliphatic rings. The lowest BCUT2D eigenvalue weighted by Gasteiger charge is -2.07. The number of aryl methyl sites for hydroxylation is 2. The largest absolute Gasteiger partial charge is 0.436 e. The minimum atomic E-state index is -0.367. The molecule has 0 saturated heterocycles. The maximum atomic E-state index is 12.0. The van der Waals surface area contributed by atoms with E-state index >= 15 is 0 Å². The molecule has 0 spiro atoms. The zero-order valence-corrected chi connectivity index (χ0v) is 10.2. The van der Waals surface area contributed by atoms with Gasteiger partial charge in [-0.05, 0) is 13.0 Å². The summed E-state index contributed by atoms with van der Waals surface area (Å²) in [6.07, 6.45) is 0. The first-order valence-corrected chi connectivity index (χ1v) is 5.56. The molecule has 2 rings (SSSR count). The molecule has 2 N–H and O–H groups in total. The van der Waals surface area contributed by atoms with E-state index in [0.29, 0.717) is 22.8 Å². The zero-order chi connectivity index (χ0) is 13.1. The number of amides is 1. The Kier molecular flexibility index (Phi) is 3.43. The predicted molar refractivity (Wildman–Crippen MR) is 66.3 cm³/mol. The van der Waals surface area contributed by atoms with Gasteiger partial charge in [0, 0.05) is 18.2 Å². The van der Waals surface area contributed by atoms with Gasteiger partial charge in [0.1, 0.15) is 0 Å². The van der Waals surface area contributed by atoms with E-state index in [2.05, 4.69) is 10.3 Å². The van der Waals surface area contributed by atoms with Crippen molar-refractivity contribution < 1.29 is 14.3 Å². The molecule has 0 atom stereocenters. The van der Waals surface area contributed by atoms with E-state index in [1.807, 2.05) is 0 Å². The zero-order valence-electron chi connectivity index (χ0n) is 10.2. The number of aliphatic hydroxyl groups excluding tert-OH is 1. The lowest BCUT2D eigenvalue weighted by molar-refractivity contribution is 0.0994. The summed E-state index contributed by atoms with van der Waals surface area (Å²) in [5.74, 6) is 0.280. The molecule has 1 heterocycles. The van der Waals surface area contributed by atoms with Gasteiger partial charge in [0.15, 0.2) is 5.89 Å². The van der Waals surface area contributed by atoms with Gasteiger partial charge in [0.25, 0.3) is 5.91 Å². The first-order chi connectivity index (χ1) is 8.61. The number of hydrogen-bond acceptors (Lipinski definition) is 4. The molecule has 1 aromatic heterocycles. The number of nitrogens with zero attached hydrogens (tertiary/aromatic N) is 1. The standard InChI is InChI=1S/C13H14N2O3/c1-8-12(18-9(2)14-8)13(17)15-11-6-4-3-5-10(11)7-16/h3-6,16H,7H2,1-2H3,(H,15,17). The van der Waals surface area contributed by atoms with Crippen molar-refractivity contribution >= 4 is 11.6 Å². The second kappa shape index (κ2) is 5.01. The van der Waals surface area contributed by atoms with Gasteiger partial charge in [0.2, 0.25) is 5.76 Å². The van der Waals surface area contributed by atoms with Crippen LogP contribution in [0.15, 0.2) is 28.7 Å². The van der Waals surface area contributed by atoms with Crippen molar-refractivity contribution in [3.05, 3.63) is 47.2 Å². The van der Waals surface area contributed by atoms with E-state index in [-0.39, 0.29) is 18.3 Å². The molecule has 5 heteroatoms. The molecule has 0 aliphatic heterocycles. The Hall–Kier alpha value is -2.14. The molecule has 1 amide bonds. The van der Waals surface area contributed by atoms with Gasteiger partial charge in [0.05, 0.1) is 12.3 Å². The summed E-state index contributed by atoms with van der Waals surface area (Å²) in [6, 6.07) is 7.05. The molecular weight excluding hydrogens is 232 g/mol. The molecule has 0 fully saturated rings. The van der Waals surface area contributed by atoms with Crippen LogP contribution in [0.25, 0.3) is 0 Å². The summed E-state index contributed by atoms with van der Waals surface area (Å²) < 4.78 is 5.24. The van der Waals surface area contributed by atoms with Crippen molar-refractivity contribution in [3.63, 3.8) is 0 Å². The number of aliphatic hydroxyl groups is 1. The van der Waals surface area contributed by atoms with Gasteiger partial charge < -0.3 is 14.8 Å². The van der Waals surface area contributed by atoms with Crippen LogP contribution in [-0.4, -0.2) is 16.0 Å². The number of oxazole rings is 1. The van der Waals surface area contributed by atoms with Crippen LogP contribution in [0.1, 0.15) is 27.7 Å².